The molecule has 140 valence electrons. The molecule has 1 aliphatic heterocycles. The molecule has 1 aromatic rings. The number of hydrogen-bond acceptors (Lipinski definition) is 4. The predicted octanol–water partition coefficient (Wildman–Crippen LogP) is 3.61. The Morgan fingerprint density at radius 2 is 2.08 bits per heavy atom. The van der Waals surface area contributed by atoms with E-state index in [1.807, 2.05) is 6.92 Å². The molecule has 24 heavy (non-hydrogen) atoms. The second kappa shape index (κ2) is 12.1. The topological polar surface area (TPSA) is 58.4 Å². The Morgan fingerprint density at radius 3 is 2.62 bits per heavy atom. The molecule has 0 spiro atoms. The monoisotopic (exact) mass is 395 g/mol. The first-order valence-corrected chi connectivity index (χ1v) is 9.24. The molecule has 1 saturated heterocycles. The van der Waals surface area contributed by atoms with Crippen LogP contribution >= 0.6 is 36.2 Å². The summed E-state index contributed by atoms with van der Waals surface area (Å²) in [5, 5.41) is 5.22. The average Bonchev–Trinajstić information content (AvgIpc) is 3.01. The molecule has 0 radical (unpaired) electrons. The summed E-state index contributed by atoms with van der Waals surface area (Å²) in [6.07, 6.45) is 3.77. The van der Waals surface area contributed by atoms with Crippen molar-refractivity contribution in [2.45, 2.75) is 51.6 Å². The van der Waals surface area contributed by atoms with Gasteiger partial charge in [-0.25, -0.2) is 0 Å². The molecule has 1 fully saturated rings. The molecule has 0 aliphatic carbocycles. The van der Waals surface area contributed by atoms with Gasteiger partial charge in [0.1, 0.15) is 0 Å². The maximum Gasteiger partial charge on any atom is 0.220 e. The van der Waals surface area contributed by atoms with Gasteiger partial charge in [0.05, 0.1) is 6.04 Å². The third kappa shape index (κ3) is 7.70. The number of nitrogens with two attached hydrogens (primary N) is 1. The highest BCUT2D eigenvalue weighted by molar-refractivity contribution is 7.10. The third-order valence-corrected chi connectivity index (χ3v) is 5.42. The number of nitrogens with zero attached hydrogens (tertiary/aromatic N) is 1. The highest BCUT2D eigenvalue weighted by atomic mass is 35.5. The van der Waals surface area contributed by atoms with Crippen LogP contribution in [-0.4, -0.2) is 36.5 Å². The van der Waals surface area contributed by atoms with E-state index in [1.54, 1.807) is 11.3 Å². The fourth-order valence-corrected chi connectivity index (χ4v) is 3.75. The number of amides is 1. The van der Waals surface area contributed by atoms with E-state index in [2.05, 4.69) is 34.7 Å². The zero-order chi connectivity index (χ0) is 15.9. The summed E-state index contributed by atoms with van der Waals surface area (Å²) in [6.45, 7) is 7.22. The molecule has 1 amide bonds. The number of rotatable bonds is 7. The van der Waals surface area contributed by atoms with Crippen molar-refractivity contribution in [1.29, 1.82) is 0 Å². The van der Waals surface area contributed by atoms with Gasteiger partial charge in [-0.15, -0.1) is 36.2 Å². The number of carbonyl (C=O) groups is 1. The van der Waals surface area contributed by atoms with E-state index in [-0.39, 0.29) is 36.8 Å². The number of carbonyl (C=O) groups excluding carboxylic acids is 1. The van der Waals surface area contributed by atoms with Crippen molar-refractivity contribution in [2.75, 3.05) is 19.6 Å². The van der Waals surface area contributed by atoms with Crippen molar-refractivity contribution >= 4 is 42.1 Å². The Kier molecular flexibility index (Phi) is 11.9. The summed E-state index contributed by atoms with van der Waals surface area (Å²) in [6, 6.07) is 4.67. The van der Waals surface area contributed by atoms with Gasteiger partial charge in [0, 0.05) is 23.9 Å². The highest BCUT2D eigenvalue weighted by Crippen LogP contribution is 2.29. The van der Waals surface area contributed by atoms with E-state index < -0.39 is 0 Å². The molecule has 2 heterocycles. The van der Waals surface area contributed by atoms with Crippen molar-refractivity contribution in [2.24, 2.45) is 11.7 Å². The normalized spacial score (nSPS) is 18.1. The maximum atomic E-state index is 12.0. The molecule has 2 rings (SSSR count). The van der Waals surface area contributed by atoms with Crippen LogP contribution in [0.3, 0.4) is 0 Å². The summed E-state index contributed by atoms with van der Waals surface area (Å²) >= 11 is 1.78. The Bertz CT molecular complexity index is 449. The summed E-state index contributed by atoms with van der Waals surface area (Å²) in [5.74, 6) is 0.935. The molecule has 1 aromatic heterocycles. The molecule has 0 aromatic carbocycles. The molecule has 0 bridgehead atoms. The molecular formula is C17H31Cl2N3OS. The number of thiophene rings is 1. The lowest BCUT2D eigenvalue weighted by Gasteiger charge is -2.36. The van der Waals surface area contributed by atoms with Crippen molar-refractivity contribution in [3.05, 3.63) is 22.4 Å². The lowest BCUT2D eigenvalue weighted by molar-refractivity contribution is -0.121. The van der Waals surface area contributed by atoms with Gasteiger partial charge in [-0.1, -0.05) is 13.0 Å². The van der Waals surface area contributed by atoms with Crippen LogP contribution in [0.5, 0.6) is 0 Å². The van der Waals surface area contributed by atoms with Gasteiger partial charge in [-0.2, -0.15) is 0 Å². The lowest BCUT2D eigenvalue weighted by Crippen LogP contribution is -2.41. The van der Waals surface area contributed by atoms with Gasteiger partial charge in [0.2, 0.25) is 5.91 Å². The number of nitrogens with one attached hydrogen (secondary N) is 1. The van der Waals surface area contributed by atoms with E-state index in [0.29, 0.717) is 19.0 Å². The Hall–Kier alpha value is -0.330. The van der Waals surface area contributed by atoms with E-state index in [4.69, 9.17) is 5.73 Å². The van der Waals surface area contributed by atoms with Crippen LogP contribution in [-0.2, 0) is 4.79 Å². The van der Waals surface area contributed by atoms with Crippen molar-refractivity contribution in [1.82, 2.24) is 10.2 Å². The molecular weight excluding hydrogens is 365 g/mol. The largest absolute Gasteiger partial charge is 0.354 e. The van der Waals surface area contributed by atoms with Gasteiger partial charge < -0.3 is 11.1 Å². The minimum Gasteiger partial charge on any atom is -0.354 e. The lowest BCUT2D eigenvalue weighted by atomic mass is 9.97. The summed E-state index contributed by atoms with van der Waals surface area (Å²) in [4.78, 5) is 15.8. The molecule has 4 nitrogen and oxygen atoms in total. The fourth-order valence-electron chi connectivity index (χ4n) is 2.89. The SMILES string of the molecule is CC(N)CCC(=O)NCC(c1cccs1)N1CCC(C)CC1.Cl.Cl. The summed E-state index contributed by atoms with van der Waals surface area (Å²) < 4.78 is 0. The van der Waals surface area contributed by atoms with E-state index in [1.165, 1.54) is 17.7 Å². The first-order valence-electron chi connectivity index (χ1n) is 8.36. The van der Waals surface area contributed by atoms with Crippen LogP contribution in [0.4, 0.5) is 0 Å². The molecule has 3 N–H and O–H groups in total. The van der Waals surface area contributed by atoms with Crippen LogP contribution in [0.25, 0.3) is 0 Å². The smallest absolute Gasteiger partial charge is 0.220 e. The van der Waals surface area contributed by atoms with Crippen LogP contribution < -0.4 is 11.1 Å². The Balaban J connectivity index is 0.00000264. The van der Waals surface area contributed by atoms with Gasteiger partial charge in [-0.05, 0) is 56.6 Å². The van der Waals surface area contributed by atoms with Crippen LogP contribution in [0, 0.1) is 5.92 Å². The Labute approximate surface area is 162 Å². The molecule has 2 unspecified atom stereocenters. The summed E-state index contributed by atoms with van der Waals surface area (Å²) in [5.41, 5.74) is 5.72. The number of likely N-dealkylation sites (tertiary alicyclic amines) is 1. The van der Waals surface area contributed by atoms with Crippen LogP contribution in [0.2, 0.25) is 0 Å². The molecule has 7 heteroatoms. The van der Waals surface area contributed by atoms with E-state index >= 15 is 0 Å². The van der Waals surface area contributed by atoms with Crippen molar-refractivity contribution in [3.63, 3.8) is 0 Å². The van der Waals surface area contributed by atoms with E-state index in [0.717, 1.165) is 25.4 Å². The second-order valence-electron chi connectivity index (χ2n) is 6.57. The average molecular weight is 396 g/mol. The zero-order valence-corrected chi connectivity index (χ0v) is 17.0. The van der Waals surface area contributed by atoms with Gasteiger partial charge >= 0.3 is 0 Å². The standard InChI is InChI=1S/C17H29N3OS.2ClH/c1-13-7-9-20(10-8-13)15(16-4-3-11-22-16)12-19-17(21)6-5-14(2)18;;/h3-4,11,13-15H,5-10,12,18H2,1-2H3,(H,19,21);2*1H. The zero-order valence-electron chi connectivity index (χ0n) is 14.6. The quantitative estimate of drug-likeness (QED) is 0.740. The van der Waals surface area contributed by atoms with Gasteiger partial charge in [0.15, 0.2) is 0 Å². The second-order valence-corrected chi connectivity index (χ2v) is 7.55. The number of halogens is 2. The van der Waals surface area contributed by atoms with Crippen molar-refractivity contribution in [3.8, 4) is 0 Å². The highest BCUT2D eigenvalue weighted by Gasteiger charge is 2.25. The first kappa shape index (κ1) is 23.7. The van der Waals surface area contributed by atoms with Crippen LogP contribution in [0.1, 0.15) is 50.4 Å². The first-order chi connectivity index (χ1) is 10.6. The summed E-state index contributed by atoms with van der Waals surface area (Å²) in [7, 11) is 0. The minimum atomic E-state index is 0. The van der Waals surface area contributed by atoms with Gasteiger partial charge in [0.25, 0.3) is 0 Å². The minimum absolute atomic E-state index is 0. The predicted molar refractivity (Wildman–Crippen MR) is 107 cm³/mol. The molecule has 0 saturated carbocycles. The van der Waals surface area contributed by atoms with E-state index in [9.17, 15) is 4.79 Å². The molecule has 2 atom stereocenters. The molecule has 1 aliphatic rings. The maximum absolute atomic E-state index is 12.0. The number of hydrogen-bond donors (Lipinski definition) is 2. The fraction of sp³-hybridized carbons (Fsp3) is 0.706. The Morgan fingerprint density at radius 1 is 1.42 bits per heavy atom. The van der Waals surface area contributed by atoms with Crippen LogP contribution in [0.15, 0.2) is 17.5 Å². The van der Waals surface area contributed by atoms with Gasteiger partial charge in [-0.3, -0.25) is 9.69 Å². The van der Waals surface area contributed by atoms with Crippen molar-refractivity contribution < 1.29 is 4.79 Å². The third-order valence-electron chi connectivity index (χ3n) is 4.45. The number of piperidine rings is 1.